The van der Waals surface area contributed by atoms with Gasteiger partial charge in [0.15, 0.2) is 23.9 Å². The van der Waals surface area contributed by atoms with Gasteiger partial charge in [0.1, 0.15) is 0 Å². The number of ether oxygens (including phenoxy) is 4. The standard InChI is InChI=1S/C25H29NO7/c1-3-30-21-12-11-17(14-22(21)31-4-2)24(28)19-9-5-6-10-20(19)25(29)33-16-23(27)26-15-18-8-7-13-32-18/h5-6,9-12,14,18H,3-4,7-8,13,15-16H2,1-2H3,(H,26,27). The van der Waals surface area contributed by atoms with Crippen molar-refractivity contribution in [2.75, 3.05) is 33.0 Å². The first-order chi connectivity index (χ1) is 16.0. The van der Waals surface area contributed by atoms with Gasteiger partial charge in [-0.3, -0.25) is 9.59 Å². The van der Waals surface area contributed by atoms with E-state index in [0.29, 0.717) is 43.4 Å². The van der Waals surface area contributed by atoms with Gasteiger partial charge < -0.3 is 24.3 Å². The highest BCUT2D eigenvalue weighted by Crippen LogP contribution is 2.30. The van der Waals surface area contributed by atoms with Crippen LogP contribution in [0.2, 0.25) is 0 Å². The lowest BCUT2D eigenvalue weighted by Gasteiger charge is -2.13. The molecule has 176 valence electrons. The summed E-state index contributed by atoms with van der Waals surface area (Å²) in [6, 6.07) is 11.2. The highest BCUT2D eigenvalue weighted by molar-refractivity contribution is 6.14. The Morgan fingerprint density at radius 3 is 2.42 bits per heavy atom. The van der Waals surface area contributed by atoms with E-state index < -0.39 is 18.5 Å². The van der Waals surface area contributed by atoms with Gasteiger partial charge in [-0.1, -0.05) is 18.2 Å². The second-order valence-corrected chi connectivity index (χ2v) is 7.42. The van der Waals surface area contributed by atoms with Crippen molar-refractivity contribution < 1.29 is 33.3 Å². The molecule has 8 nitrogen and oxygen atoms in total. The molecule has 1 atom stereocenters. The highest BCUT2D eigenvalue weighted by atomic mass is 16.5. The highest BCUT2D eigenvalue weighted by Gasteiger charge is 2.22. The van der Waals surface area contributed by atoms with E-state index in [4.69, 9.17) is 18.9 Å². The van der Waals surface area contributed by atoms with Gasteiger partial charge >= 0.3 is 5.97 Å². The summed E-state index contributed by atoms with van der Waals surface area (Å²) >= 11 is 0. The van der Waals surface area contributed by atoms with Crippen molar-refractivity contribution in [2.24, 2.45) is 0 Å². The summed E-state index contributed by atoms with van der Waals surface area (Å²) in [7, 11) is 0. The van der Waals surface area contributed by atoms with E-state index >= 15 is 0 Å². The van der Waals surface area contributed by atoms with Gasteiger partial charge in [-0.25, -0.2) is 4.79 Å². The number of hydrogen-bond donors (Lipinski definition) is 1. The van der Waals surface area contributed by atoms with Crippen LogP contribution in [0.5, 0.6) is 11.5 Å². The summed E-state index contributed by atoms with van der Waals surface area (Å²) in [5, 5.41) is 2.69. The fourth-order valence-corrected chi connectivity index (χ4v) is 3.50. The Labute approximate surface area is 193 Å². The van der Waals surface area contributed by atoms with Crippen LogP contribution in [0, 0.1) is 0 Å². The Hall–Kier alpha value is -3.39. The van der Waals surface area contributed by atoms with E-state index in [1.54, 1.807) is 36.4 Å². The number of hydrogen-bond acceptors (Lipinski definition) is 7. The molecule has 1 aliphatic rings. The topological polar surface area (TPSA) is 100 Å². The smallest absolute Gasteiger partial charge is 0.339 e. The number of ketones is 1. The molecule has 1 fully saturated rings. The Morgan fingerprint density at radius 1 is 1.00 bits per heavy atom. The van der Waals surface area contributed by atoms with Crippen LogP contribution < -0.4 is 14.8 Å². The van der Waals surface area contributed by atoms with Crippen molar-refractivity contribution in [2.45, 2.75) is 32.8 Å². The molecule has 0 aromatic heterocycles. The quantitative estimate of drug-likeness (QED) is 0.410. The third-order valence-corrected chi connectivity index (χ3v) is 5.08. The van der Waals surface area contributed by atoms with Crippen LogP contribution in [-0.2, 0) is 14.3 Å². The number of carbonyl (C=O) groups excluding carboxylic acids is 3. The number of carbonyl (C=O) groups is 3. The number of esters is 1. The number of rotatable bonds is 11. The molecule has 1 aliphatic heterocycles. The van der Waals surface area contributed by atoms with Crippen LogP contribution >= 0.6 is 0 Å². The second-order valence-electron chi connectivity index (χ2n) is 7.42. The van der Waals surface area contributed by atoms with Crippen molar-refractivity contribution in [1.82, 2.24) is 5.32 Å². The molecule has 1 N–H and O–H groups in total. The molecule has 1 amide bonds. The molecule has 0 saturated carbocycles. The predicted molar refractivity (Wildman–Crippen MR) is 121 cm³/mol. The van der Waals surface area contributed by atoms with Gasteiger partial charge in [0.2, 0.25) is 0 Å². The van der Waals surface area contributed by atoms with E-state index in [-0.39, 0.29) is 23.0 Å². The minimum atomic E-state index is -0.748. The van der Waals surface area contributed by atoms with Crippen LogP contribution in [0.25, 0.3) is 0 Å². The first-order valence-corrected chi connectivity index (χ1v) is 11.1. The van der Waals surface area contributed by atoms with Crippen molar-refractivity contribution >= 4 is 17.7 Å². The summed E-state index contributed by atoms with van der Waals surface area (Å²) in [6.07, 6.45) is 1.87. The first kappa shape index (κ1) is 24.3. The zero-order valence-electron chi connectivity index (χ0n) is 18.9. The number of benzene rings is 2. The molecule has 0 spiro atoms. The summed E-state index contributed by atoms with van der Waals surface area (Å²) in [6.45, 7) is 5.21. The summed E-state index contributed by atoms with van der Waals surface area (Å²) in [4.78, 5) is 37.9. The Bertz CT molecular complexity index is 982. The minimum absolute atomic E-state index is 0.00121. The van der Waals surface area contributed by atoms with Crippen molar-refractivity contribution in [3.63, 3.8) is 0 Å². The molecule has 8 heteroatoms. The van der Waals surface area contributed by atoms with E-state index in [0.717, 1.165) is 12.8 Å². The zero-order valence-corrected chi connectivity index (χ0v) is 18.9. The molecule has 1 unspecified atom stereocenters. The average Bonchev–Trinajstić information content (AvgIpc) is 3.36. The molecule has 0 radical (unpaired) electrons. The van der Waals surface area contributed by atoms with Gasteiger partial charge in [0, 0.05) is 24.3 Å². The Kier molecular flexibility index (Phi) is 8.83. The molecule has 1 saturated heterocycles. The van der Waals surface area contributed by atoms with Crippen LogP contribution in [0.4, 0.5) is 0 Å². The van der Waals surface area contributed by atoms with Crippen molar-refractivity contribution in [1.29, 1.82) is 0 Å². The Morgan fingerprint density at radius 2 is 1.73 bits per heavy atom. The molecule has 0 aliphatic carbocycles. The lowest BCUT2D eigenvalue weighted by molar-refractivity contribution is -0.124. The Balaban J connectivity index is 1.68. The number of amides is 1. The maximum atomic E-state index is 13.2. The summed E-state index contributed by atoms with van der Waals surface area (Å²) in [5.74, 6) is -0.544. The van der Waals surface area contributed by atoms with Crippen LogP contribution in [0.3, 0.4) is 0 Å². The monoisotopic (exact) mass is 455 g/mol. The van der Waals surface area contributed by atoms with Gasteiger partial charge in [-0.2, -0.15) is 0 Å². The maximum absolute atomic E-state index is 13.2. The largest absolute Gasteiger partial charge is 0.490 e. The second kappa shape index (κ2) is 12.0. The molecule has 1 heterocycles. The molecule has 33 heavy (non-hydrogen) atoms. The van der Waals surface area contributed by atoms with Crippen molar-refractivity contribution in [3.05, 3.63) is 59.2 Å². The van der Waals surface area contributed by atoms with Gasteiger partial charge in [0.25, 0.3) is 5.91 Å². The zero-order chi connectivity index (χ0) is 23.6. The lowest BCUT2D eigenvalue weighted by atomic mass is 9.98. The third-order valence-electron chi connectivity index (χ3n) is 5.08. The third kappa shape index (κ3) is 6.55. The fourth-order valence-electron chi connectivity index (χ4n) is 3.50. The average molecular weight is 456 g/mol. The molecular weight excluding hydrogens is 426 g/mol. The predicted octanol–water partition coefficient (Wildman–Crippen LogP) is 3.17. The SMILES string of the molecule is CCOc1ccc(C(=O)c2ccccc2C(=O)OCC(=O)NCC2CCCO2)cc1OCC. The van der Waals surface area contributed by atoms with Crippen LogP contribution in [-0.4, -0.2) is 56.7 Å². The maximum Gasteiger partial charge on any atom is 0.339 e. The van der Waals surface area contributed by atoms with E-state index in [2.05, 4.69) is 5.32 Å². The first-order valence-electron chi connectivity index (χ1n) is 11.1. The van der Waals surface area contributed by atoms with Crippen LogP contribution in [0.1, 0.15) is 53.0 Å². The lowest BCUT2D eigenvalue weighted by Crippen LogP contribution is -2.34. The van der Waals surface area contributed by atoms with Gasteiger partial charge in [-0.05, 0) is 51.0 Å². The van der Waals surface area contributed by atoms with E-state index in [1.807, 2.05) is 13.8 Å². The molecule has 3 rings (SSSR count). The normalized spacial score (nSPS) is 15.0. The van der Waals surface area contributed by atoms with Gasteiger partial charge in [0.05, 0.1) is 24.9 Å². The number of nitrogens with one attached hydrogen (secondary N) is 1. The molecular formula is C25H29NO7. The van der Waals surface area contributed by atoms with Crippen molar-refractivity contribution in [3.8, 4) is 11.5 Å². The molecule has 2 aromatic carbocycles. The van der Waals surface area contributed by atoms with Crippen LogP contribution in [0.15, 0.2) is 42.5 Å². The molecule has 0 bridgehead atoms. The van der Waals surface area contributed by atoms with E-state index in [9.17, 15) is 14.4 Å². The van der Waals surface area contributed by atoms with Gasteiger partial charge in [-0.15, -0.1) is 0 Å². The van der Waals surface area contributed by atoms with E-state index in [1.165, 1.54) is 6.07 Å². The minimum Gasteiger partial charge on any atom is -0.490 e. The molecule has 2 aromatic rings. The summed E-state index contributed by atoms with van der Waals surface area (Å²) in [5.41, 5.74) is 0.603. The summed E-state index contributed by atoms with van der Waals surface area (Å²) < 4.78 is 21.7. The fraction of sp³-hybridized carbons (Fsp3) is 0.400.